The van der Waals surface area contributed by atoms with Crippen molar-refractivity contribution in [3.05, 3.63) is 0 Å². The summed E-state index contributed by atoms with van der Waals surface area (Å²) >= 11 is 1.49. The second-order valence-electron chi connectivity index (χ2n) is 5.64. The van der Waals surface area contributed by atoms with E-state index >= 15 is 0 Å². The standard InChI is InChI=1S/C13H21N5OS/c1-10(12(19)17-8-4-2-3-5-9-17)20-13-14-15-16-18(13)11-6-7-11/h10-11H,2-9H2,1H3. The first kappa shape index (κ1) is 13.9. The van der Waals surface area contributed by atoms with Gasteiger partial charge in [0.1, 0.15) is 0 Å². The van der Waals surface area contributed by atoms with E-state index in [0.717, 1.165) is 43.9 Å². The number of carbonyl (C=O) groups excluding carboxylic acids is 1. The zero-order valence-electron chi connectivity index (χ0n) is 11.9. The van der Waals surface area contributed by atoms with Crippen LogP contribution in [0.15, 0.2) is 5.16 Å². The van der Waals surface area contributed by atoms with E-state index in [1.165, 1.54) is 24.6 Å². The zero-order valence-corrected chi connectivity index (χ0v) is 12.7. The molecular formula is C13H21N5OS. The monoisotopic (exact) mass is 295 g/mol. The van der Waals surface area contributed by atoms with E-state index < -0.39 is 0 Å². The van der Waals surface area contributed by atoms with E-state index in [2.05, 4.69) is 15.5 Å². The fraction of sp³-hybridized carbons (Fsp3) is 0.846. The van der Waals surface area contributed by atoms with Crippen LogP contribution in [-0.2, 0) is 4.79 Å². The zero-order chi connectivity index (χ0) is 13.9. The molecule has 1 aromatic heterocycles. The summed E-state index contributed by atoms with van der Waals surface area (Å²) < 4.78 is 1.87. The Balaban J connectivity index is 1.61. The number of aromatic nitrogens is 4. The van der Waals surface area contributed by atoms with E-state index in [4.69, 9.17) is 0 Å². The highest BCUT2D eigenvalue weighted by Gasteiger charge is 2.30. The van der Waals surface area contributed by atoms with E-state index in [9.17, 15) is 4.79 Å². The van der Waals surface area contributed by atoms with Gasteiger partial charge in [-0.15, -0.1) is 5.10 Å². The van der Waals surface area contributed by atoms with Gasteiger partial charge >= 0.3 is 0 Å². The van der Waals surface area contributed by atoms with Crippen molar-refractivity contribution < 1.29 is 4.79 Å². The van der Waals surface area contributed by atoms with Gasteiger partial charge in [-0.05, 0) is 43.0 Å². The van der Waals surface area contributed by atoms with Crippen LogP contribution in [0, 0.1) is 0 Å². The molecule has 110 valence electrons. The number of carbonyl (C=O) groups is 1. The fourth-order valence-corrected chi connectivity index (χ4v) is 3.51. The number of nitrogens with zero attached hydrogens (tertiary/aromatic N) is 5. The molecule has 0 spiro atoms. The first-order valence-corrected chi connectivity index (χ1v) is 8.37. The third kappa shape index (κ3) is 3.13. The van der Waals surface area contributed by atoms with Gasteiger partial charge in [0.15, 0.2) is 0 Å². The van der Waals surface area contributed by atoms with Crippen molar-refractivity contribution in [2.24, 2.45) is 0 Å². The average Bonchev–Trinajstić information content (AvgIpc) is 3.24. The number of thioether (sulfide) groups is 1. The van der Waals surface area contributed by atoms with E-state index in [-0.39, 0.29) is 11.2 Å². The van der Waals surface area contributed by atoms with Crippen molar-refractivity contribution >= 4 is 17.7 Å². The predicted molar refractivity (Wildman–Crippen MR) is 76.5 cm³/mol. The molecule has 1 saturated carbocycles. The van der Waals surface area contributed by atoms with Crippen LogP contribution in [0.5, 0.6) is 0 Å². The summed E-state index contributed by atoms with van der Waals surface area (Å²) in [5.74, 6) is 0.224. The molecule has 1 aliphatic heterocycles. The second kappa shape index (κ2) is 6.11. The Morgan fingerprint density at radius 2 is 1.95 bits per heavy atom. The largest absolute Gasteiger partial charge is 0.342 e. The Bertz CT molecular complexity index is 465. The highest BCUT2D eigenvalue weighted by molar-refractivity contribution is 8.00. The Labute approximate surface area is 123 Å². The van der Waals surface area contributed by atoms with Crippen molar-refractivity contribution in [2.45, 2.75) is 61.9 Å². The molecule has 6 nitrogen and oxygen atoms in total. The van der Waals surface area contributed by atoms with Gasteiger partial charge in [-0.25, -0.2) is 4.68 Å². The first-order valence-electron chi connectivity index (χ1n) is 7.49. The minimum absolute atomic E-state index is 0.114. The summed E-state index contributed by atoms with van der Waals surface area (Å²) in [6, 6.07) is 0.452. The van der Waals surface area contributed by atoms with Gasteiger partial charge in [-0.2, -0.15) is 0 Å². The van der Waals surface area contributed by atoms with Crippen LogP contribution in [0.1, 0.15) is 51.5 Å². The smallest absolute Gasteiger partial charge is 0.235 e. The molecule has 7 heteroatoms. The van der Waals surface area contributed by atoms with E-state index in [1.54, 1.807) is 0 Å². The SMILES string of the molecule is CC(Sc1nnnn1C1CC1)C(=O)N1CCCCCC1. The van der Waals surface area contributed by atoms with Crippen LogP contribution < -0.4 is 0 Å². The molecule has 1 saturated heterocycles. The molecule has 1 atom stereocenters. The van der Waals surface area contributed by atoms with Crippen molar-refractivity contribution in [2.75, 3.05) is 13.1 Å². The van der Waals surface area contributed by atoms with Gasteiger partial charge in [0.25, 0.3) is 0 Å². The van der Waals surface area contributed by atoms with Gasteiger partial charge < -0.3 is 4.90 Å². The molecule has 0 bridgehead atoms. The lowest BCUT2D eigenvalue weighted by Crippen LogP contribution is -2.37. The summed E-state index contributed by atoms with van der Waals surface area (Å²) in [7, 11) is 0. The molecule has 2 fully saturated rings. The molecule has 0 N–H and O–H groups in total. The van der Waals surface area contributed by atoms with Crippen LogP contribution >= 0.6 is 11.8 Å². The maximum Gasteiger partial charge on any atom is 0.235 e. The maximum atomic E-state index is 12.5. The van der Waals surface area contributed by atoms with Crippen LogP contribution in [0.25, 0.3) is 0 Å². The lowest BCUT2D eigenvalue weighted by Gasteiger charge is -2.23. The predicted octanol–water partition coefficient (Wildman–Crippen LogP) is 1.89. The molecule has 0 radical (unpaired) electrons. The minimum atomic E-state index is -0.114. The Morgan fingerprint density at radius 3 is 2.60 bits per heavy atom. The number of likely N-dealkylation sites (tertiary alicyclic amines) is 1. The quantitative estimate of drug-likeness (QED) is 0.794. The van der Waals surface area contributed by atoms with E-state index in [1.807, 2.05) is 16.5 Å². The average molecular weight is 295 g/mol. The molecule has 1 aromatic rings. The highest BCUT2D eigenvalue weighted by Crippen LogP contribution is 2.37. The summed E-state index contributed by atoms with van der Waals surface area (Å²) in [5.41, 5.74) is 0. The number of rotatable bonds is 4. The fourth-order valence-electron chi connectivity index (χ4n) is 2.57. The van der Waals surface area contributed by atoms with Crippen LogP contribution in [-0.4, -0.2) is 49.4 Å². The molecule has 2 aliphatic rings. The summed E-state index contributed by atoms with van der Waals surface area (Å²) in [4.78, 5) is 14.5. The third-order valence-corrected chi connectivity index (χ3v) is 4.94. The summed E-state index contributed by atoms with van der Waals surface area (Å²) in [6.45, 7) is 3.76. The van der Waals surface area contributed by atoms with Crippen molar-refractivity contribution in [3.8, 4) is 0 Å². The first-order chi connectivity index (χ1) is 9.75. The molecule has 1 amide bonds. The van der Waals surface area contributed by atoms with Crippen molar-refractivity contribution in [1.82, 2.24) is 25.1 Å². The van der Waals surface area contributed by atoms with Gasteiger partial charge in [-0.3, -0.25) is 4.79 Å². The number of hydrogen-bond donors (Lipinski definition) is 0. The lowest BCUT2D eigenvalue weighted by atomic mass is 10.2. The molecule has 2 heterocycles. The maximum absolute atomic E-state index is 12.5. The van der Waals surface area contributed by atoms with Gasteiger partial charge in [0.05, 0.1) is 11.3 Å². The molecule has 0 aromatic carbocycles. The van der Waals surface area contributed by atoms with Gasteiger partial charge in [0.2, 0.25) is 11.1 Å². The number of amides is 1. The van der Waals surface area contributed by atoms with Gasteiger partial charge in [0, 0.05) is 13.1 Å². The molecule has 3 rings (SSSR count). The van der Waals surface area contributed by atoms with Crippen LogP contribution in [0.2, 0.25) is 0 Å². The second-order valence-corrected chi connectivity index (χ2v) is 6.94. The lowest BCUT2D eigenvalue weighted by molar-refractivity contribution is -0.130. The number of hydrogen-bond acceptors (Lipinski definition) is 5. The van der Waals surface area contributed by atoms with Crippen LogP contribution in [0.4, 0.5) is 0 Å². The highest BCUT2D eigenvalue weighted by atomic mass is 32.2. The minimum Gasteiger partial charge on any atom is -0.342 e. The molecule has 1 aliphatic carbocycles. The summed E-state index contributed by atoms with van der Waals surface area (Å²) in [5, 5.41) is 12.5. The molecule has 20 heavy (non-hydrogen) atoms. The van der Waals surface area contributed by atoms with Gasteiger partial charge in [-0.1, -0.05) is 24.6 Å². The third-order valence-electron chi connectivity index (χ3n) is 3.90. The van der Waals surface area contributed by atoms with Crippen LogP contribution in [0.3, 0.4) is 0 Å². The molecule has 1 unspecified atom stereocenters. The Morgan fingerprint density at radius 1 is 1.25 bits per heavy atom. The topological polar surface area (TPSA) is 63.9 Å². The number of tetrazole rings is 1. The normalized spacial score (nSPS) is 21.6. The Kier molecular flexibility index (Phi) is 4.24. The van der Waals surface area contributed by atoms with Crippen molar-refractivity contribution in [1.29, 1.82) is 0 Å². The van der Waals surface area contributed by atoms with E-state index in [0.29, 0.717) is 6.04 Å². The Hall–Kier alpha value is -1.11. The molecular weight excluding hydrogens is 274 g/mol. The van der Waals surface area contributed by atoms with Crippen molar-refractivity contribution in [3.63, 3.8) is 0 Å². The summed E-state index contributed by atoms with van der Waals surface area (Å²) in [6.07, 6.45) is 7.03.